The molecule has 0 aliphatic carbocycles. The van der Waals surface area contributed by atoms with Gasteiger partial charge < -0.3 is 9.64 Å². The highest BCUT2D eigenvalue weighted by Gasteiger charge is 2.07. The van der Waals surface area contributed by atoms with Gasteiger partial charge in [0.2, 0.25) is 0 Å². The van der Waals surface area contributed by atoms with E-state index < -0.39 is 0 Å². The normalized spacial score (nSPS) is 10.8. The molecule has 0 aliphatic heterocycles. The molecule has 4 heteroatoms. The van der Waals surface area contributed by atoms with Crippen molar-refractivity contribution in [2.75, 3.05) is 31.7 Å². The lowest BCUT2D eigenvalue weighted by Crippen LogP contribution is -2.22. The molecule has 0 fully saturated rings. The molecule has 2 aromatic rings. The van der Waals surface area contributed by atoms with Gasteiger partial charge in [-0.15, -0.1) is 0 Å². The van der Waals surface area contributed by atoms with Gasteiger partial charge >= 0.3 is 0 Å². The van der Waals surface area contributed by atoms with Crippen molar-refractivity contribution in [1.29, 1.82) is 0 Å². The van der Waals surface area contributed by atoms with E-state index in [1.807, 2.05) is 37.4 Å². The number of anilines is 1. The lowest BCUT2D eigenvalue weighted by atomic mass is 10.2. The fourth-order valence-electron chi connectivity index (χ4n) is 1.90. The molecule has 96 valence electrons. The Kier molecular flexibility index (Phi) is 4.39. The number of aromatic nitrogens is 1. The molecule has 1 aromatic carbocycles. The quantitative estimate of drug-likeness (QED) is 0.775. The van der Waals surface area contributed by atoms with Crippen LogP contribution < -0.4 is 4.90 Å². The molecule has 18 heavy (non-hydrogen) atoms. The molecule has 0 radical (unpaired) electrons. The van der Waals surface area contributed by atoms with Gasteiger partial charge in [0.25, 0.3) is 0 Å². The Morgan fingerprint density at radius 2 is 2.17 bits per heavy atom. The summed E-state index contributed by atoms with van der Waals surface area (Å²) in [5.41, 5.74) is 2.09. The number of nitrogens with zero attached hydrogens (tertiary/aromatic N) is 2. The first-order valence-corrected chi connectivity index (χ1v) is 6.43. The van der Waals surface area contributed by atoms with Gasteiger partial charge in [-0.1, -0.05) is 11.6 Å². The average Bonchev–Trinajstić information content (AvgIpc) is 2.38. The van der Waals surface area contributed by atoms with E-state index in [0.717, 1.165) is 41.4 Å². The van der Waals surface area contributed by atoms with E-state index in [-0.39, 0.29) is 0 Å². The van der Waals surface area contributed by atoms with Crippen LogP contribution in [0.3, 0.4) is 0 Å². The van der Waals surface area contributed by atoms with Crippen LogP contribution >= 0.6 is 11.6 Å². The number of hydrogen-bond acceptors (Lipinski definition) is 3. The van der Waals surface area contributed by atoms with Crippen LogP contribution in [0.1, 0.15) is 6.92 Å². The van der Waals surface area contributed by atoms with Gasteiger partial charge in [0.05, 0.1) is 12.1 Å². The Labute approximate surface area is 112 Å². The zero-order chi connectivity index (χ0) is 13.0. The van der Waals surface area contributed by atoms with Crippen molar-refractivity contribution in [1.82, 2.24) is 4.98 Å². The highest BCUT2D eigenvalue weighted by atomic mass is 35.5. The minimum absolute atomic E-state index is 0.720. The van der Waals surface area contributed by atoms with Crippen molar-refractivity contribution >= 4 is 28.2 Å². The van der Waals surface area contributed by atoms with Crippen LogP contribution in [0.2, 0.25) is 5.02 Å². The van der Waals surface area contributed by atoms with Gasteiger partial charge in [-0.05, 0) is 31.2 Å². The first-order chi connectivity index (χ1) is 8.72. The lowest BCUT2D eigenvalue weighted by Gasteiger charge is -2.20. The Morgan fingerprint density at radius 1 is 1.33 bits per heavy atom. The summed E-state index contributed by atoms with van der Waals surface area (Å²) >= 11 is 6.05. The SMILES string of the molecule is CCOCCN(C)c1ccnc2ccc(Cl)cc12. The van der Waals surface area contributed by atoms with E-state index >= 15 is 0 Å². The number of benzene rings is 1. The highest BCUT2D eigenvalue weighted by molar-refractivity contribution is 6.31. The number of likely N-dealkylation sites (N-methyl/N-ethyl adjacent to an activating group) is 1. The second kappa shape index (κ2) is 6.03. The van der Waals surface area contributed by atoms with Gasteiger partial charge in [-0.25, -0.2) is 0 Å². The Hall–Kier alpha value is -1.32. The van der Waals surface area contributed by atoms with Gasteiger partial charge in [0.1, 0.15) is 0 Å². The summed E-state index contributed by atoms with van der Waals surface area (Å²) in [6.07, 6.45) is 1.82. The van der Waals surface area contributed by atoms with Crippen molar-refractivity contribution in [2.45, 2.75) is 6.92 Å². The van der Waals surface area contributed by atoms with Gasteiger partial charge in [-0.2, -0.15) is 0 Å². The highest BCUT2D eigenvalue weighted by Crippen LogP contribution is 2.26. The summed E-state index contributed by atoms with van der Waals surface area (Å²) in [5.74, 6) is 0. The topological polar surface area (TPSA) is 25.4 Å². The number of fused-ring (bicyclic) bond motifs is 1. The van der Waals surface area contributed by atoms with E-state index in [1.165, 1.54) is 0 Å². The minimum atomic E-state index is 0.720. The summed E-state index contributed by atoms with van der Waals surface area (Å²) in [7, 11) is 2.05. The van der Waals surface area contributed by atoms with Crippen molar-refractivity contribution in [3.63, 3.8) is 0 Å². The Bertz CT molecular complexity index is 530. The molecule has 0 bridgehead atoms. The second-order valence-corrected chi connectivity index (χ2v) is 4.55. The summed E-state index contributed by atoms with van der Waals surface area (Å²) < 4.78 is 5.38. The number of hydrogen-bond donors (Lipinski definition) is 0. The molecule has 0 amide bonds. The van der Waals surface area contributed by atoms with E-state index in [4.69, 9.17) is 16.3 Å². The molecule has 0 unspecified atom stereocenters. The van der Waals surface area contributed by atoms with Gasteiger partial charge in [-0.3, -0.25) is 4.98 Å². The largest absolute Gasteiger partial charge is 0.380 e. The van der Waals surface area contributed by atoms with E-state index in [2.05, 4.69) is 16.9 Å². The first-order valence-electron chi connectivity index (χ1n) is 6.05. The van der Waals surface area contributed by atoms with Gasteiger partial charge in [0, 0.05) is 42.5 Å². The third-order valence-corrected chi connectivity index (χ3v) is 3.10. The fraction of sp³-hybridized carbons (Fsp3) is 0.357. The minimum Gasteiger partial charge on any atom is -0.380 e. The standard InChI is InChI=1S/C14H17ClN2O/c1-3-18-9-8-17(2)14-6-7-16-13-5-4-11(15)10-12(13)14/h4-7,10H,3,8-9H2,1-2H3. The van der Waals surface area contributed by atoms with Crippen LogP contribution in [-0.2, 0) is 4.74 Å². The van der Waals surface area contributed by atoms with E-state index in [9.17, 15) is 0 Å². The third-order valence-electron chi connectivity index (χ3n) is 2.87. The van der Waals surface area contributed by atoms with Crippen molar-refractivity contribution in [3.8, 4) is 0 Å². The van der Waals surface area contributed by atoms with Crippen LogP contribution in [0, 0.1) is 0 Å². The molecule has 0 atom stereocenters. The maximum absolute atomic E-state index is 6.05. The summed E-state index contributed by atoms with van der Waals surface area (Å²) in [6, 6.07) is 7.76. The zero-order valence-electron chi connectivity index (χ0n) is 10.7. The van der Waals surface area contributed by atoms with Crippen LogP contribution in [0.25, 0.3) is 10.9 Å². The number of pyridine rings is 1. The molecule has 1 heterocycles. The molecule has 2 rings (SSSR count). The number of ether oxygens (including phenoxy) is 1. The maximum atomic E-state index is 6.05. The molecule has 0 N–H and O–H groups in total. The molecule has 1 aromatic heterocycles. The van der Waals surface area contributed by atoms with Crippen molar-refractivity contribution < 1.29 is 4.74 Å². The molecule has 0 spiro atoms. The van der Waals surface area contributed by atoms with Crippen molar-refractivity contribution in [2.24, 2.45) is 0 Å². The van der Waals surface area contributed by atoms with Crippen LogP contribution in [-0.4, -0.2) is 31.8 Å². The summed E-state index contributed by atoms with van der Waals surface area (Å²) in [5, 5.41) is 1.80. The van der Waals surface area contributed by atoms with Crippen LogP contribution in [0.15, 0.2) is 30.5 Å². The maximum Gasteiger partial charge on any atom is 0.0723 e. The molecule has 0 aliphatic rings. The first kappa shape index (κ1) is 13.1. The van der Waals surface area contributed by atoms with Crippen LogP contribution in [0.4, 0.5) is 5.69 Å². The zero-order valence-corrected chi connectivity index (χ0v) is 11.4. The molecule has 0 saturated heterocycles. The number of halogens is 1. The Morgan fingerprint density at radius 3 is 2.94 bits per heavy atom. The Balaban J connectivity index is 2.29. The smallest absolute Gasteiger partial charge is 0.0723 e. The van der Waals surface area contributed by atoms with Crippen LogP contribution in [0.5, 0.6) is 0 Å². The van der Waals surface area contributed by atoms with E-state index in [1.54, 1.807) is 0 Å². The molecule has 0 saturated carbocycles. The second-order valence-electron chi connectivity index (χ2n) is 4.11. The molecule has 3 nitrogen and oxygen atoms in total. The number of rotatable bonds is 5. The predicted molar refractivity (Wildman–Crippen MR) is 76.5 cm³/mol. The van der Waals surface area contributed by atoms with E-state index in [0.29, 0.717) is 0 Å². The third kappa shape index (κ3) is 2.92. The monoisotopic (exact) mass is 264 g/mol. The fourth-order valence-corrected chi connectivity index (χ4v) is 2.08. The average molecular weight is 265 g/mol. The lowest BCUT2D eigenvalue weighted by molar-refractivity contribution is 0.154. The molecular formula is C14H17ClN2O. The summed E-state index contributed by atoms with van der Waals surface area (Å²) in [6.45, 7) is 4.31. The van der Waals surface area contributed by atoms with Gasteiger partial charge in [0.15, 0.2) is 0 Å². The predicted octanol–water partition coefficient (Wildman–Crippen LogP) is 3.36. The molecular weight excluding hydrogens is 248 g/mol. The van der Waals surface area contributed by atoms with Crippen molar-refractivity contribution in [3.05, 3.63) is 35.5 Å². The summed E-state index contributed by atoms with van der Waals surface area (Å²) in [4.78, 5) is 6.51.